The van der Waals surface area contributed by atoms with Crippen LogP contribution >= 0.6 is 0 Å². The SMILES string of the molecule is Cc1nccn1-c1ncc(F)cc1F. The molecular formula is C9H7F2N3. The normalized spacial score (nSPS) is 10.5. The summed E-state index contributed by atoms with van der Waals surface area (Å²) in [6, 6.07) is 0.793. The van der Waals surface area contributed by atoms with Crippen LogP contribution in [0.5, 0.6) is 0 Å². The molecule has 0 aromatic carbocycles. The quantitative estimate of drug-likeness (QED) is 0.695. The fourth-order valence-electron chi connectivity index (χ4n) is 1.19. The maximum Gasteiger partial charge on any atom is 0.174 e. The highest BCUT2D eigenvalue weighted by molar-refractivity contribution is 5.26. The van der Waals surface area contributed by atoms with Gasteiger partial charge in [0.05, 0.1) is 6.20 Å². The predicted octanol–water partition coefficient (Wildman–Crippen LogP) is 1.85. The molecule has 0 saturated carbocycles. The van der Waals surface area contributed by atoms with Crippen molar-refractivity contribution in [1.29, 1.82) is 0 Å². The Morgan fingerprint density at radius 2 is 2.07 bits per heavy atom. The Morgan fingerprint density at radius 3 is 2.64 bits per heavy atom. The Morgan fingerprint density at radius 1 is 1.29 bits per heavy atom. The van der Waals surface area contributed by atoms with E-state index in [0.717, 1.165) is 12.3 Å². The van der Waals surface area contributed by atoms with Gasteiger partial charge in [-0.25, -0.2) is 18.7 Å². The van der Waals surface area contributed by atoms with Crippen molar-refractivity contribution in [2.45, 2.75) is 6.92 Å². The van der Waals surface area contributed by atoms with E-state index in [0.29, 0.717) is 5.82 Å². The van der Waals surface area contributed by atoms with E-state index in [1.165, 1.54) is 10.8 Å². The highest BCUT2D eigenvalue weighted by Crippen LogP contribution is 2.12. The summed E-state index contributed by atoms with van der Waals surface area (Å²) in [5.74, 6) is -0.737. The maximum atomic E-state index is 13.2. The molecule has 2 rings (SSSR count). The van der Waals surface area contributed by atoms with E-state index in [9.17, 15) is 8.78 Å². The Hall–Kier alpha value is -1.78. The summed E-state index contributed by atoms with van der Waals surface area (Å²) in [6.07, 6.45) is 4.07. The number of aryl methyl sites for hydroxylation is 1. The van der Waals surface area contributed by atoms with Crippen LogP contribution in [0.1, 0.15) is 5.82 Å². The zero-order valence-corrected chi connectivity index (χ0v) is 7.41. The minimum atomic E-state index is -0.703. The maximum absolute atomic E-state index is 13.2. The summed E-state index contributed by atoms with van der Waals surface area (Å²) in [5.41, 5.74) is 0. The van der Waals surface area contributed by atoms with E-state index >= 15 is 0 Å². The number of hydrogen-bond acceptors (Lipinski definition) is 2. The summed E-state index contributed by atoms with van der Waals surface area (Å²) in [5, 5.41) is 0. The molecule has 2 heterocycles. The number of halogens is 2. The molecule has 72 valence electrons. The van der Waals surface area contributed by atoms with E-state index in [1.54, 1.807) is 13.1 Å². The first-order valence-corrected chi connectivity index (χ1v) is 4.00. The average Bonchev–Trinajstić information content (AvgIpc) is 2.52. The molecule has 3 nitrogen and oxygen atoms in total. The highest BCUT2D eigenvalue weighted by atomic mass is 19.1. The Kier molecular flexibility index (Phi) is 1.99. The lowest BCUT2D eigenvalue weighted by molar-refractivity contribution is 0.564. The van der Waals surface area contributed by atoms with Crippen LogP contribution < -0.4 is 0 Å². The number of aromatic nitrogens is 3. The predicted molar refractivity (Wildman–Crippen MR) is 46.0 cm³/mol. The van der Waals surface area contributed by atoms with Gasteiger partial charge >= 0.3 is 0 Å². The van der Waals surface area contributed by atoms with Crippen molar-refractivity contribution in [3.05, 3.63) is 42.1 Å². The van der Waals surface area contributed by atoms with Gasteiger partial charge in [-0.2, -0.15) is 0 Å². The molecule has 0 aliphatic rings. The number of imidazole rings is 1. The zero-order chi connectivity index (χ0) is 10.1. The van der Waals surface area contributed by atoms with Gasteiger partial charge in [-0.15, -0.1) is 0 Å². The van der Waals surface area contributed by atoms with E-state index in [4.69, 9.17) is 0 Å². The number of hydrogen-bond donors (Lipinski definition) is 0. The lowest BCUT2D eigenvalue weighted by atomic mass is 10.4. The van der Waals surface area contributed by atoms with Crippen LogP contribution in [-0.2, 0) is 0 Å². The first-order valence-electron chi connectivity index (χ1n) is 4.00. The molecule has 0 spiro atoms. The molecule has 0 unspecified atom stereocenters. The van der Waals surface area contributed by atoms with Gasteiger partial charge < -0.3 is 0 Å². The topological polar surface area (TPSA) is 30.7 Å². The molecule has 2 aromatic heterocycles. The van der Waals surface area contributed by atoms with Crippen molar-refractivity contribution in [1.82, 2.24) is 14.5 Å². The third-order valence-corrected chi connectivity index (χ3v) is 1.84. The van der Waals surface area contributed by atoms with Crippen LogP contribution in [-0.4, -0.2) is 14.5 Å². The first-order chi connectivity index (χ1) is 6.68. The van der Waals surface area contributed by atoms with E-state index in [1.807, 2.05) is 0 Å². The van der Waals surface area contributed by atoms with Crippen molar-refractivity contribution in [3.8, 4) is 5.82 Å². The molecule has 2 aromatic rings. The van der Waals surface area contributed by atoms with Crippen LogP contribution in [0.3, 0.4) is 0 Å². The molecule has 14 heavy (non-hydrogen) atoms. The van der Waals surface area contributed by atoms with Crippen LogP contribution in [0.4, 0.5) is 8.78 Å². The fourth-order valence-corrected chi connectivity index (χ4v) is 1.19. The van der Waals surface area contributed by atoms with E-state index in [2.05, 4.69) is 9.97 Å². The van der Waals surface area contributed by atoms with E-state index in [-0.39, 0.29) is 5.82 Å². The summed E-state index contributed by atoms with van der Waals surface area (Å²) in [6.45, 7) is 1.71. The minimum absolute atomic E-state index is 0.0569. The molecule has 0 N–H and O–H groups in total. The van der Waals surface area contributed by atoms with Gasteiger partial charge in [-0.05, 0) is 6.92 Å². The monoisotopic (exact) mass is 195 g/mol. The van der Waals surface area contributed by atoms with Gasteiger partial charge in [-0.1, -0.05) is 0 Å². The summed E-state index contributed by atoms with van der Waals surface area (Å²) < 4.78 is 27.3. The second kappa shape index (κ2) is 3.17. The largest absolute Gasteiger partial charge is 0.286 e. The van der Waals surface area contributed by atoms with Gasteiger partial charge in [0.25, 0.3) is 0 Å². The van der Waals surface area contributed by atoms with Crippen LogP contribution in [0, 0.1) is 18.6 Å². The Bertz CT molecular complexity index is 465. The molecule has 0 radical (unpaired) electrons. The third-order valence-electron chi connectivity index (χ3n) is 1.84. The second-order valence-corrected chi connectivity index (χ2v) is 2.80. The molecule has 0 bridgehead atoms. The summed E-state index contributed by atoms with van der Waals surface area (Å²) in [7, 11) is 0. The molecule has 5 heteroatoms. The number of rotatable bonds is 1. The zero-order valence-electron chi connectivity index (χ0n) is 7.41. The summed E-state index contributed by atoms with van der Waals surface area (Å²) in [4.78, 5) is 7.57. The first kappa shape index (κ1) is 8.80. The molecule has 0 aliphatic heterocycles. The van der Waals surface area contributed by atoms with Gasteiger partial charge in [0.15, 0.2) is 11.6 Å². The molecule has 0 aliphatic carbocycles. The third kappa shape index (κ3) is 1.37. The Balaban J connectivity index is 2.58. The molecule has 0 amide bonds. The second-order valence-electron chi connectivity index (χ2n) is 2.80. The molecule has 0 saturated heterocycles. The van der Waals surface area contributed by atoms with Crippen LogP contribution in [0.15, 0.2) is 24.7 Å². The molecular weight excluding hydrogens is 188 g/mol. The fraction of sp³-hybridized carbons (Fsp3) is 0.111. The van der Waals surface area contributed by atoms with Gasteiger partial charge in [0.2, 0.25) is 0 Å². The summed E-state index contributed by atoms with van der Waals surface area (Å²) >= 11 is 0. The lowest BCUT2D eigenvalue weighted by Gasteiger charge is -2.04. The standard InChI is InChI=1S/C9H7F2N3/c1-6-12-2-3-14(6)9-8(11)4-7(10)5-13-9/h2-5H,1H3. The van der Waals surface area contributed by atoms with Crippen LogP contribution in [0.25, 0.3) is 5.82 Å². The van der Waals surface area contributed by atoms with Gasteiger partial charge in [0.1, 0.15) is 11.6 Å². The van der Waals surface area contributed by atoms with Crippen molar-refractivity contribution in [2.24, 2.45) is 0 Å². The minimum Gasteiger partial charge on any atom is -0.286 e. The van der Waals surface area contributed by atoms with Gasteiger partial charge in [0, 0.05) is 18.5 Å². The highest BCUT2D eigenvalue weighted by Gasteiger charge is 2.08. The average molecular weight is 195 g/mol. The van der Waals surface area contributed by atoms with Crippen molar-refractivity contribution in [3.63, 3.8) is 0 Å². The molecule has 0 atom stereocenters. The van der Waals surface area contributed by atoms with Crippen molar-refractivity contribution in [2.75, 3.05) is 0 Å². The lowest BCUT2D eigenvalue weighted by Crippen LogP contribution is -2.02. The number of nitrogens with zero attached hydrogens (tertiary/aromatic N) is 3. The van der Waals surface area contributed by atoms with E-state index < -0.39 is 11.6 Å². The number of pyridine rings is 1. The van der Waals surface area contributed by atoms with Crippen molar-refractivity contribution < 1.29 is 8.78 Å². The van der Waals surface area contributed by atoms with Crippen LogP contribution in [0.2, 0.25) is 0 Å². The Labute approximate surface area is 79.0 Å². The van der Waals surface area contributed by atoms with Gasteiger partial charge in [-0.3, -0.25) is 4.57 Å². The van der Waals surface area contributed by atoms with Crippen molar-refractivity contribution >= 4 is 0 Å². The smallest absolute Gasteiger partial charge is 0.174 e. The molecule has 0 fully saturated rings.